The van der Waals surface area contributed by atoms with Crippen molar-refractivity contribution in [2.45, 2.75) is 25.0 Å². The highest BCUT2D eigenvalue weighted by atomic mass is 16.6. The van der Waals surface area contributed by atoms with Crippen LogP contribution in [0.5, 0.6) is 0 Å². The molecule has 1 rings (SSSR count). The molecule has 150 valence electrons. The molecule has 0 saturated carbocycles. The van der Waals surface area contributed by atoms with Gasteiger partial charge in [0, 0.05) is 0 Å². The van der Waals surface area contributed by atoms with Crippen LogP contribution in [0.1, 0.15) is 33.6 Å². The lowest BCUT2D eigenvalue weighted by molar-refractivity contribution is -0.153. The maximum absolute atomic E-state index is 11.9. The van der Waals surface area contributed by atoms with E-state index < -0.39 is 60.9 Å². The summed E-state index contributed by atoms with van der Waals surface area (Å²) in [5, 5.41) is 34.9. The molecule has 0 heterocycles. The molecule has 12 heteroatoms. The number of carboxylic acid groups (broad SMARTS) is 4. The van der Waals surface area contributed by atoms with Crippen molar-refractivity contribution >= 4 is 35.8 Å². The lowest BCUT2D eigenvalue weighted by Crippen LogP contribution is -2.30. The van der Waals surface area contributed by atoms with E-state index in [4.69, 9.17) is 20.4 Å². The Hall–Kier alpha value is -3.96. The Morgan fingerprint density at radius 1 is 0.643 bits per heavy atom. The van der Waals surface area contributed by atoms with Crippen LogP contribution in [0, 0.1) is 0 Å². The predicted octanol–water partition coefficient (Wildman–Crippen LogP) is -0.144. The number of ether oxygens (including phenoxy) is 2. The van der Waals surface area contributed by atoms with E-state index in [9.17, 15) is 28.8 Å². The van der Waals surface area contributed by atoms with Gasteiger partial charge in [-0.05, 0) is 24.3 Å². The third-order valence-electron chi connectivity index (χ3n) is 3.13. The van der Waals surface area contributed by atoms with E-state index >= 15 is 0 Å². The molecule has 1 aromatic rings. The molecule has 28 heavy (non-hydrogen) atoms. The molecule has 0 radical (unpaired) electrons. The number of carbonyl (C=O) groups is 6. The number of hydrogen-bond donors (Lipinski definition) is 4. The first-order valence-corrected chi connectivity index (χ1v) is 7.42. The monoisotopic (exact) mass is 398 g/mol. The maximum Gasteiger partial charge on any atom is 0.345 e. The fraction of sp³-hybridized carbons (Fsp3) is 0.250. The summed E-state index contributed by atoms with van der Waals surface area (Å²) in [4.78, 5) is 66.7. The lowest BCUT2D eigenvalue weighted by atomic mass is 10.1. The number of hydrogen-bond acceptors (Lipinski definition) is 8. The molecule has 4 N–H and O–H groups in total. The summed E-state index contributed by atoms with van der Waals surface area (Å²) in [5.41, 5.74) is -0.429. The van der Waals surface area contributed by atoms with Gasteiger partial charge in [-0.25, -0.2) is 19.2 Å². The van der Waals surface area contributed by atoms with Gasteiger partial charge in [0.05, 0.1) is 24.0 Å². The molecule has 2 atom stereocenters. The van der Waals surface area contributed by atoms with E-state index in [1.165, 1.54) is 0 Å². The molecular formula is C16H14O12. The lowest BCUT2D eigenvalue weighted by Gasteiger charge is -2.13. The van der Waals surface area contributed by atoms with Gasteiger partial charge in [-0.2, -0.15) is 0 Å². The van der Waals surface area contributed by atoms with Gasteiger partial charge in [-0.1, -0.05) is 0 Å². The number of rotatable bonds is 10. The van der Waals surface area contributed by atoms with Gasteiger partial charge in [-0.3, -0.25) is 9.59 Å². The van der Waals surface area contributed by atoms with Crippen LogP contribution < -0.4 is 0 Å². The standard InChI is InChI=1S/C16H14O12/c17-11(18)5-9(13(21)22)27-15(25)7-1-2-8(4-3-7)16(26)28-10(14(23)24)6-12(19)20/h1-4,9-10H,5-6H2,(H,17,18)(H,19,20)(H,21,22)(H,23,24). The highest BCUT2D eigenvalue weighted by Gasteiger charge is 2.27. The second-order valence-electron chi connectivity index (χ2n) is 5.24. The zero-order valence-electron chi connectivity index (χ0n) is 13.9. The number of carboxylic acids is 4. The van der Waals surface area contributed by atoms with Crippen molar-refractivity contribution in [1.29, 1.82) is 0 Å². The van der Waals surface area contributed by atoms with Crippen molar-refractivity contribution in [2.75, 3.05) is 0 Å². The number of aliphatic carboxylic acids is 4. The second kappa shape index (κ2) is 9.66. The summed E-state index contributed by atoms with van der Waals surface area (Å²) >= 11 is 0. The molecule has 0 bridgehead atoms. The van der Waals surface area contributed by atoms with Crippen LogP contribution in [-0.2, 0) is 28.7 Å². The van der Waals surface area contributed by atoms with Crippen molar-refractivity contribution in [2.24, 2.45) is 0 Å². The maximum atomic E-state index is 11.9. The molecule has 0 aliphatic heterocycles. The minimum atomic E-state index is -1.91. The van der Waals surface area contributed by atoms with E-state index in [1.54, 1.807) is 0 Å². The normalized spacial score (nSPS) is 12.3. The quantitative estimate of drug-likeness (QED) is 0.380. The van der Waals surface area contributed by atoms with Crippen LogP contribution >= 0.6 is 0 Å². The fourth-order valence-electron chi connectivity index (χ4n) is 1.81. The number of esters is 2. The first-order valence-electron chi connectivity index (χ1n) is 7.42. The van der Waals surface area contributed by atoms with Crippen LogP contribution in [-0.4, -0.2) is 68.4 Å². The largest absolute Gasteiger partial charge is 0.481 e. The van der Waals surface area contributed by atoms with Gasteiger partial charge >= 0.3 is 35.8 Å². The molecule has 2 unspecified atom stereocenters. The highest BCUT2D eigenvalue weighted by molar-refractivity contribution is 5.95. The molecule has 0 spiro atoms. The molecule has 12 nitrogen and oxygen atoms in total. The van der Waals surface area contributed by atoms with Gasteiger partial charge < -0.3 is 29.9 Å². The first kappa shape index (κ1) is 22.1. The van der Waals surface area contributed by atoms with Crippen molar-refractivity contribution in [3.8, 4) is 0 Å². The van der Waals surface area contributed by atoms with E-state index in [0.29, 0.717) is 0 Å². The minimum absolute atomic E-state index is 0.214. The Kier molecular flexibility index (Phi) is 7.62. The Balaban J connectivity index is 2.83. The molecule has 0 saturated heterocycles. The van der Waals surface area contributed by atoms with Crippen LogP contribution in [0.2, 0.25) is 0 Å². The van der Waals surface area contributed by atoms with Crippen LogP contribution in [0.15, 0.2) is 24.3 Å². The fourth-order valence-corrected chi connectivity index (χ4v) is 1.81. The van der Waals surface area contributed by atoms with Gasteiger partial charge in [0.15, 0.2) is 0 Å². The smallest absolute Gasteiger partial charge is 0.345 e. The molecule has 0 amide bonds. The van der Waals surface area contributed by atoms with Gasteiger partial charge in [0.2, 0.25) is 12.2 Å². The number of benzene rings is 1. The van der Waals surface area contributed by atoms with Gasteiger partial charge in [-0.15, -0.1) is 0 Å². The Morgan fingerprint density at radius 2 is 0.929 bits per heavy atom. The highest BCUT2D eigenvalue weighted by Crippen LogP contribution is 2.12. The van der Waals surface area contributed by atoms with E-state index in [0.717, 1.165) is 24.3 Å². The van der Waals surface area contributed by atoms with Crippen molar-refractivity contribution in [3.63, 3.8) is 0 Å². The topological polar surface area (TPSA) is 202 Å². The molecular weight excluding hydrogens is 384 g/mol. The summed E-state index contributed by atoms with van der Waals surface area (Å²) in [6.45, 7) is 0. The van der Waals surface area contributed by atoms with Crippen molar-refractivity contribution in [1.82, 2.24) is 0 Å². The summed E-state index contributed by atoms with van der Waals surface area (Å²) < 4.78 is 9.14. The third kappa shape index (κ3) is 6.74. The van der Waals surface area contributed by atoms with E-state index in [2.05, 4.69) is 9.47 Å². The predicted molar refractivity (Wildman–Crippen MR) is 84.6 cm³/mol. The Labute approximate surface area is 155 Å². The zero-order chi connectivity index (χ0) is 21.4. The summed E-state index contributed by atoms with van der Waals surface area (Å²) in [5.74, 6) is -8.63. The van der Waals surface area contributed by atoms with Crippen LogP contribution in [0.25, 0.3) is 0 Å². The van der Waals surface area contributed by atoms with E-state index in [1.807, 2.05) is 0 Å². The summed E-state index contributed by atoms with van der Waals surface area (Å²) in [6, 6.07) is 4.13. The zero-order valence-corrected chi connectivity index (χ0v) is 13.9. The molecule has 0 aromatic heterocycles. The van der Waals surface area contributed by atoms with Crippen LogP contribution in [0.3, 0.4) is 0 Å². The Morgan fingerprint density at radius 3 is 1.14 bits per heavy atom. The Bertz CT molecular complexity index is 727. The second-order valence-corrected chi connectivity index (χ2v) is 5.24. The van der Waals surface area contributed by atoms with Crippen LogP contribution in [0.4, 0.5) is 0 Å². The van der Waals surface area contributed by atoms with E-state index in [-0.39, 0.29) is 11.1 Å². The minimum Gasteiger partial charge on any atom is -0.481 e. The molecule has 0 aliphatic carbocycles. The average Bonchev–Trinajstić information content (AvgIpc) is 2.59. The van der Waals surface area contributed by atoms with Crippen molar-refractivity contribution < 1.29 is 58.7 Å². The number of carbonyl (C=O) groups excluding carboxylic acids is 2. The van der Waals surface area contributed by atoms with Gasteiger partial charge in [0.25, 0.3) is 0 Å². The van der Waals surface area contributed by atoms with Gasteiger partial charge in [0.1, 0.15) is 0 Å². The summed E-state index contributed by atoms with van der Waals surface area (Å²) in [6.07, 6.45) is -5.74. The first-order chi connectivity index (χ1) is 13.0. The third-order valence-corrected chi connectivity index (χ3v) is 3.13. The average molecular weight is 398 g/mol. The molecule has 0 aliphatic rings. The molecule has 1 aromatic carbocycles. The molecule has 0 fully saturated rings. The summed E-state index contributed by atoms with van der Waals surface area (Å²) in [7, 11) is 0. The SMILES string of the molecule is O=C(O)CC(OC(=O)c1ccc(C(=O)OC(CC(=O)O)C(=O)O)cc1)C(=O)O. The van der Waals surface area contributed by atoms with Crippen molar-refractivity contribution in [3.05, 3.63) is 35.4 Å².